The van der Waals surface area contributed by atoms with E-state index in [1.54, 1.807) is 0 Å². The van der Waals surface area contributed by atoms with Crippen LogP contribution in [-0.2, 0) is 14.4 Å². The lowest BCUT2D eigenvalue weighted by molar-refractivity contribution is -0.148. The van der Waals surface area contributed by atoms with E-state index in [2.05, 4.69) is 0 Å². The molecular weight excluding hydrogens is 210 g/mol. The number of ketones is 1. The third-order valence-electron chi connectivity index (χ3n) is 2.78. The normalized spacial score (nSPS) is 19.8. The van der Waals surface area contributed by atoms with Crippen LogP contribution in [0, 0.1) is 0 Å². The zero-order chi connectivity index (χ0) is 12.1. The minimum absolute atomic E-state index is 0.0593. The van der Waals surface area contributed by atoms with Crippen molar-refractivity contribution in [2.24, 2.45) is 0 Å². The number of Topliss-reactive ketones (excluding diaryl/α,β-unsaturated/α-hetero) is 1. The van der Waals surface area contributed by atoms with Crippen molar-refractivity contribution in [2.45, 2.75) is 45.1 Å². The van der Waals surface area contributed by atoms with Crippen LogP contribution in [0.2, 0.25) is 0 Å². The first-order chi connectivity index (χ1) is 7.52. The topological polar surface area (TPSA) is 74.7 Å². The largest absolute Gasteiger partial charge is 0.480 e. The van der Waals surface area contributed by atoms with E-state index in [4.69, 9.17) is 5.11 Å². The Kier molecular flexibility index (Phi) is 4.46. The third kappa shape index (κ3) is 3.32. The number of rotatable bonds is 5. The van der Waals surface area contributed by atoms with Crippen molar-refractivity contribution in [1.29, 1.82) is 0 Å². The molecule has 1 aliphatic heterocycles. The molecule has 0 aromatic carbocycles. The molecule has 0 saturated carbocycles. The number of carboxylic acids is 1. The van der Waals surface area contributed by atoms with Gasteiger partial charge in [-0.1, -0.05) is 0 Å². The second-order valence-electron chi connectivity index (χ2n) is 4.14. The quantitative estimate of drug-likeness (QED) is 0.754. The molecule has 16 heavy (non-hydrogen) atoms. The number of amides is 1. The fourth-order valence-electron chi connectivity index (χ4n) is 1.95. The number of hydrogen-bond acceptors (Lipinski definition) is 3. The van der Waals surface area contributed by atoms with Crippen LogP contribution in [-0.4, -0.2) is 40.3 Å². The molecule has 0 radical (unpaired) electrons. The highest BCUT2D eigenvalue weighted by atomic mass is 16.4. The molecule has 5 heteroatoms. The summed E-state index contributed by atoms with van der Waals surface area (Å²) < 4.78 is 0. The van der Waals surface area contributed by atoms with Gasteiger partial charge in [0.1, 0.15) is 11.8 Å². The molecule has 0 aliphatic carbocycles. The molecular formula is C11H17NO4. The molecule has 0 aromatic heterocycles. The van der Waals surface area contributed by atoms with Crippen LogP contribution < -0.4 is 0 Å². The standard InChI is InChI=1S/C11H17NO4/c1-8(13)4-2-6-10(14)12-7-3-5-9(12)11(15)16/h9H,2-7H2,1H3,(H,15,16). The summed E-state index contributed by atoms with van der Waals surface area (Å²) in [4.78, 5) is 34.7. The second-order valence-corrected chi connectivity index (χ2v) is 4.14. The Balaban J connectivity index is 2.41. The van der Waals surface area contributed by atoms with Crippen LogP contribution in [0.25, 0.3) is 0 Å². The predicted molar refractivity (Wildman–Crippen MR) is 56.9 cm³/mol. The number of aliphatic carboxylic acids is 1. The van der Waals surface area contributed by atoms with E-state index in [9.17, 15) is 14.4 Å². The van der Waals surface area contributed by atoms with Crippen molar-refractivity contribution in [1.82, 2.24) is 4.90 Å². The van der Waals surface area contributed by atoms with Crippen LogP contribution in [0.3, 0.4) is 0 Å². The molecule has 1 saturated heterocycles. The fourth-order valence-corrected chi connectivity index (χ4v) is 1.95. The molecule has 0 aromatic rings. The molecule has 1 amide bonds. The highest BCUT2D eigenvalue weighted by molar-refractivity contribution is 5.84. The van der Waals surface area contributed by atoms with Crippen LogP contribution >= 0.6 is 0 Å². The predicted octanol–water partition coefficient (Wildman–Crippen LogP) is 0.821. The molecule has 0 spiro atoms. The van der Waals surface area contributed by atoms with Gasteiger partial charge in [0, 0.05) is 19.4 Å². The molecule has 5 nitrogen and oxygen atoms in total. The Hall–Kier alpha value is -1.39. The van der Waals surface area contributed by atoms with Crippen LogP contribution in [0.5, 0.6) is 0 Å². The molecule has 1 heterocycles. The minimum atomic E-state index is -0.933. The number of likely N-dealkylation sites (tertiary alicyclic amines) is 1. The van der Waals surface area contributed by atoms with E-state index < -0.39 is 12.0 Å². The van der Waals surface area contributed by atoms with Gasteiger partial charge >= 0.3 is 5.97 Å². The SMILES string of the molecule is CC(=O)CCCC(=O)N1CCCC1C(=O)O. The molecule has 1 unspecified atom stereocenters. The van der Waals surface area contributed by atoms with Gasteiger partial charge in [-0.05, 0) is 26.2 Å². The van der Waals surface area contributed by atoms with Gasteiger partial charge < -0.3 is 14.8 Å². The van der Waals surface area contributed by atoms with Crippen molar-refractivity contribution < 1.29 is 19.5 Å². The number of nitrogens with zero attached hydrogens (tertiary/aromatic N) is 1. The minimum Gasteiger partial charge on any atom is -0.480 e. The Labute approximate surface area is 94.4 Å². The van der Waals surface area contributed by atoms with Crippen molar-refractivity contribution >= 4 is 17.7 Å². The van der Waals surface area contributed by atoms with E-state index >= 15 is 0 Å². The summed E-state index contributed by atoms with van der Waals surface area (Å²) in [6.07, 6.45) is 2.45. The summed E-state index contributed by atoms with van der Waals surface area (Å²) in [6, 6.07) is -0.662. The van der Waals surface area contributed by atoms with Gasteiger partial charge in [0.2, 0.25) is 5.91 Å². The van der Waals surface area contributed by atoms with E-state index in [1.807, 2.05) is 0 Å². The first-order valence-electron chi connectivity index (χ1n) is 5.54. The van der Waals surface area contributed by atoms with E-state index in [1.165, 1.54) is 11.8 Å². The van der Waals surface area contributed by atoms with Gasteiger partial charge in [-0.25, -0.2) is 4.79 Å². The van der Waals surface area contributed by atoms with Crippen LogP contribution in [0.15, 0.2) is 0 Å². The highest BCUT2D eigenvalue weighted by Crippen LogP contribution is 2.19. The van der Waals surface area contributed by atoms with Gasteiger partial charge in [0.05, 0.1) is 0 Å². The zero-order valence-electron chi connectivity index (χ0n) is 9.44. The Bertz CT molecular complexity index is 300. The number of hydrogen-bond donors (Lipinski definition) is 1. The lowest BCUT2D eigenvalue weighted by atomic mass is 10.1. The molecule has 0 bridgehead atoms. The maximum Gasteiger partial charge on any atom is 0.326 e. The number of carboxylic acid groups (broad SMARTS) is 1. The van der Waals surface area contributed by atoms with Crippen molar-refractivity contribution in [3.05, 3.63) is 0 Å². The fraction of sp³-hybridized carbons (Fsp3) is 0.727. The maximum atomic E-state index is 11.7. The monoisotopic (exact) mass is 227 g/mol. The summed E-state index contributed by atoms with van der Waals surface area (Å²) in [7, 11) is 0. The summed E-state index contributed by atoms with van der Waals surface area (Å²) in [6.45, 7) is 2.01. The maximum absolute atomic E-state index is 11.7. The van der Waals surface area contributed by atoms with Gasteiger partial charge in [-0.2, -0.15) is 0 Å². The van der Waals surface area contributed by atoms with Crippen molar-refractivity contribution in [3.63, 3.8) is 0 Å². The van der Waals surface area contributed by atoms with Gasteiger partial charge in [-0.15, -0.1) is 0 Å². The Morgan fingerprint density at radius 2 is 2.00 bits per heavy atom. The van der Waals surface area contributed by atoms with Gasteiger partial charge in [0.25, 0.3) is 0 Å². The van der Waals surface area contributed by atoms with E-state index in [0.29, 0.717) is 25.8 Å². The first-order valence-corrected chi connectivity index (χ1v) is 5.54. The molecule has 1 rings (SSSR count). The molecule has 1 aliphatic rings. The summed E-state index contributed by atoms with van der Waals surface area (Å²) in [5, 5.41) is 8.90. The van der Waals surface area contributed by atoms with E-state index in [0.717, 1.165) is 6.42 Å². The molecule has 1 atom stereocenters. The van der Waals surface area contributed by atoms with Crippen molar-refractivity contribution in [2.75, 3.05) is 6.54 Å². The molecule has 90 valence electrons. The zero-order valence-corrected chi connectivity index (χ0v) is 9.44. The average Bonchev–Trinajstić information content (AvgIpc) is 2.65. The summed E-state index contributed by atoms with van der Waals surface area (Å²) in [5.41, 5.74) is 0. The van der Waals surface area contributed by atoms with Gasteiger partial charge in [0.15, 0.2) is 0 Å². The number of carbonyl (C=O) groups is 3. The summed E-state index contributed by atoms with van der Waals surface area (Å²) >= 11 is 0. The lowest BCUT2D eigenvalue weighted by Crippen LogP contribution is -2.40. The van der Waals surface area contributed by atoms with Crippen LogP contribution in [0.4, 0.5) is 0 Å². The smallest absolute Gasteiger partial charge is 0.326 e. The average molecular weight is 227 g/mol. The number of carbonyl (C=O) groups excluding carboxylic acids is 2. The highest BCUT2D eigenvalue weighted by Gasteiger charge is 2.33. The lowest BCUT2D eigenvalue weighted by Gasteiger charge is -2.21. The van der Waals surface area contributed by atoms with Crippen molar-refractivity contribution in [3.8, 4) is 0 Å². The Morgan fingerprint density at radius 1 is 1.31 bits per heavy atom. The van der Waals surface area contributed by atoms with E-state index in [-0.39, 0.29) is 18.1 Å². The molecule has 1 N–H and O–H groups in total. The third-order valence-corrected chi connectivity index (χ3v) is 2.78. The first kappa shape index (κ1) is 12.7. The molecule has 1 fully saturated rings. The van der Waals surface area contributed by atoms with Gasteiger partial charge in [-0.3, -0.25) is 4.79 Å². The second kappa shape index (κ2) is 5.63. The Morgan fingerprint density at radius 3 is 2.56 bits per heavy atom. The summed E-state index contributed by atoms with van der Waals surface area (Å²) in [5.74, 6) is -1.02. The van der Waals surface area contributed by atoms with Crippen LogP contribution in [0.1, 0.15) is 39.0 Å².